The molecule has 138 valence electrons. The summed E-state index contributed by atoms with van der Waals surface area (Å²) >= 11 is 0. The van der Waals surface area contributed by atoms with Crippen molar-refractivity contribution in [1.82, 2.24) is 15.1 Å². The van der Waals surface area contributed by atoms with Crippen molar-refractivity contribution in [3.63, 3.8) is 0 Å². The van der Waals surface area contributed by atoms with E-state index in [1.54, 1.807) is 0 Å². The number of carbonyl (C=O) groups excluding carboxylic acids is 2. The Morgan fingerprint density at radius 3 is 2.08 bits per heavy atom. The summed E-state index contributed by atoms with van der Waals surface area (Å²) in [7, 11) is 0. The average Bonchev–Trinajstić information content (AvgIpc) is 2.63. The van der Waals surface area contributed by atoms with Gasteiger partial charge < -0.3 is 15.1 Å². The Kier molecular flexibility index (Phi) is 7.82. The van der Waals surface area contributed by atoms with Crippen molar-refractivity contribution in [3.8, 4) is 0 Å². The third-order valence-corrected chi connectivity index (χ3v) is 5.74. The second-order valence-corrected chi connectivity index (χ2v) is 7.42. The molecule has 24 heavy (non-hydrogen) atoms. The fourth-order valence-electron chi connectivity index (χ4n) is 4.23. The van der Waals surface area contributed by atoms with Crippen LogP contribution in [0.1, 0.15) is 57.8 Å². The third kappa shape index (κ3) is 5.09. The van der Waals surface area contributed by atoms with Crippen LogP contribution < -0.4 is 5.32 Å². The lowest BCUT2D eigenvalue weighted by atomic mass is 9.86. The topological polar surface area (TPSA) is 52.7 Å². The van der Waals surface area contributed by atoms with Gasteiger partial charge in [0.1, 0.15) is 0 Å². The predicted molar refractivity (Wildman–Crippen MR) is 97.2 cm³/mol. The van der Waals surface area contributed by atoms with E-state index in [-0.39, 0.29) is 24.4 Å². The smallest absolute Gasteiger partial charge is 0.239 e. The molecule has 2 saturated heterocycles. The van der Waals surface area contributed by atoms with Crippen LogP contribution in [0.5, 0.6) is 0 Å². The summed E-state index contributed by atoms with van der Waals surface area (Å²) in [5.74, 6) is 1.14. The van der Waals surface area contributed by atoms with Gasteiger partial charge in [-0.05, 0) is 38.1 Å². The van der Waals surface area contributed by atoms with Crippen molar-refractivity contribution in [1.29, 1.82) is 0 Å². The standard InChI is InChI=1S/C18H31N3O2.ClH/c22-17(14-15-6-2-1-3-7-15)20-10-12-21(13-11-20)18(23)16-8-4-5-9-19-16;/h15-16,19H,1-14H2;1H. The zero-order valence-electron chi connectivity index (χ0n) is 14.7. The quantitative estimate of drug-likeness (QED) is 0.842. The maximum absolute atomic E-state index is 12.5. The molecule has 0 spiro atoms. The summed E-state index contributed by atoms with van der Waals surface area (Å²) in [6.07, 6.45) is 10.3. The molecule has 1 saturated carbocycles. The summed E-state index contributed by atoms with van der Waals surface area (Å²) in [6, 6.07) is 0.00763. The molecule has 1 atom stereocenters. The fraction of sp³-hybridized carbons (Fsp3) is 0.889. The highest BCUT2D eigenvalue weighted by molar-refractivity contribution is 5.85. The molecule has 3 aliphatic rings. The number of nitrogens with zero attached hydrogens (tertiary/aromatic N) is 2. The van der Waals surface area contributed by atoms with Crippen molar-refractivity contribution in [2.45, 2.75) is 63.8 Å². The number of hydrogen-bond donors (Lipinski definition) is 1. The molecule has 6 heteroatoms. The highest BCUT2D eigenvalue weighted by atomic mass is 35.5. The average molecular weight is 358 g/mol. The number of rotatable bonds is 3. The molecule has 5 nitrogen and oxygen atoms in total. The molecule has 2 heterocycles. The van der Waals surface area contributed by atoms with Crippen molar-refractivity contribution in [3.05, 3.63) is 0 Å². The lowest BCUT2D eigenvalue weighted by Gasteiger charge is -2.38. The van der Waals surface area contributed by atoms with Crippen LogP contribution in [0, 0.1) is 5.92 Å². The molecule has 1 N–H and O–H groups in total. The van der Waals surface area contributed by atoms with Crippen LogP contribution >= 0.6 is 12.4 Å². The van der Waals surface area contributed by atoms with Crippen molar-refractivity contribution in [2.75, 3.05) is 32.7 Å². The first-order valence-corrected chi connectivity index (χ1v) is 9.54. The van der Waals surface area contributed by atoms with E-state index in [1.165, 1.54) is 38.5 Å². The van der Waals surface area contributed by atoms with Gasteiger partial charge in [-0.15, -0.1) is 12.4 Å². The number of piperidine rings is 1. The van der Waals surface area contributed by atoms with Gasteiger partial charge in [0.2, 0.25) is 11.8 Å². The van der Waals surface area contributed by atoms with Gasteiger partial charge in [-0.1, -0.05) is 25.7 Å². The van der Waals surface area contributed by atoms with Crippen LogP contribution in [0.25, 0.3) is 0 Å². The minimum absolute atomic E-state index is 0. The Labute approximate surface area is 151 Å². The molecule has 0 bridgehead atoms. The highest BCUT2D eigenvalue weighted by Crippen LogP contribution is 2.27. The number of hydrogen-bond acceptors (Lipinski definition) is 3. The van der Waals surface area contributed by atoms with Gasteiger partial charge >= 0.3 is 0 Å². The van der Waals surface area contributed by atoms with Gasteiger partial charge in [0.15, 0.2) is 0 Å². The second kappa shape index (κ2) is 9.62. The number of halogens is 1. The third-order valence-electron chi connectivity index (χ3n) is 5.74. The lowest BCUT2D eigenvalue weighted by molar-refractivity contribution is -0.141. The number of amides is 2. The van der Waals surface area contributed by atoms with E-state index < -0.39 is 0 Å². The van der Waals surface area contributed by atoms with Crippen LogP contribution in [-0.2, 0) is 9.59 Å². The normalized spacial score (nSPS) is 25.9. The van der Waals surface area contributed by atoms with E-state index in [0.29, 0.717) is 38.0 Å². The van der Waals surface area contributed by atoms with Gasteiger partial charge in [-0.3, -0.25) is 9.59 Å². The summed E-state index contributed by atoms with van der Waals surface area (Å²) in [4.78, 5) is 28.9. The van der Waals surface area contributed by atoms with E-state index in [1.807, 2.05) is 9.80 Å². The van der Waals surface area contributed by atoms with Crippen molar-refractivity contribution in [2.24, 2.45) is 5.92 Å². The first-order chi connectivity index (χ1) is 11.2. The molecule has 1 unspecified atom stereocenters. The number of piperazine rings is 1. The monoisotopic (exact) mass is 357 g/mol. The highest BCUT2D eigenvalue weighted by Gasteiger charge is 2.30. The lowest BCUT2D eigenvalue weighted by Crippen LogP contribution is -2.56. The maximum Gasteiger partial charge on any atom is 0.239 e. The van der Waals surface area contributed by atoms with Crippen LogP contribution in [0.2, 0.25) is 0 Å². The minimum Gasteiger partial charge on any atom is -0.339 e. The molecule has 1 aliphatic carbocycles. The second-order valence-electron chi connectivity index (χ2n) is 7.42. The van der Waals surface area contributed by atoms with Crippen molar-refractivity contribution >= 4 is 24.2 Å². The van der Waals surface area contributed by atoms with Gasteiger partial charge in [-0.2, -0.15) is 0 Å². The maximum atomic E-state index is 12.5. The SMILES string of the molecule is Cl.O=C(CC1CCCCC1)N1CCN(C(=O)C2CCCCN2)CC1. The molecule has 0 aromatic rings. The summed E-state index contributed by atoms with van der Waals surface area (Å²) in [5, 5.41) is 3.33. The van der Waals surface area contributed by atoms with E-state index in [2.05, 4.69) is 5.32 Å². The van der Waals surface area contributed by atoms with E-state index in [4.69, 9.17) is 0 Å². The molecule has 0 aromatic carbocycles. The Morgan fingerprint density at radius 1 is 0.833 bits per heavy atom. The number of nitrogens with one attached hydrogen (secondary N) is 1. The van der Waals surface area contributed by atoms with E-state index >= 15 is 0 Å². The van der Waals surface area contributed by atoms with Gasteiger partial charge in [-0.25, -0.2) is 0 Å². The summed E-state index contributed by atoms with van der Waals surface area (Å²) in [5.41, 5.74) is 0. The Morgan fingerprint density at radius 2 is 1.46 bits per heavy atom. The zero-order chi connectivity index (χ0) is 16.1. The molecule has 2 aliphatic heterocycles. The molecule has 0 radical (unpaired) electrons. The van der Waals surface area contributed by atoms with Crippen LogP contribution in [-0.4, -0.2) is 60.4 Å². The van der Waals surface area contributed by atoms with Gasteiger partial charge in [0.25, 0.3) is 0 Å². The van der Waals surface area contributed by atoms with Crippen LogP contribution in [0.4, 0.5) is 0 Å². The van der Waals surface area contributed by atoms with Crippen LogP contribution in [0.15, 0.2) is 0 Å². The fourth-order valence-corrected chi connectivity index (χ4v) is 4.23. The zero-order valence-corrected chi connectivity index (χ0v) is 15.5. The van der Waals surface area contributed by atoms with Gasteiger partial charge in [0.05, 0.1) is 6.04 Å². The summed E-state index contributed by atoms with van der Waals surface area (Å²) in [6.45, 7) is 3.78. The molecule has 3 fully saturated rings. The Hall–Kier alpha value is -0.810. The van der Waals surface area contributed by atoms with Crippen molar-refractivity contribution < 1.29 is 9.59 Å². The molecule has 0 aromatic heterocycles. The van der Waals surface area contributed by atoms with E-state index in [9.17, 15) is 9.59 Å². The summed E-state index contributed by atoms with van der Waals surface area (Å²) < 4.78 is 0. The largest absolute Gasteiger partial charge is 0.339 e. The predicted octanol–water partition coefficient (Wildman–Crippen LogP) is 2.19. The first-order valence-electron chi connectivity index (χ1n) is 9.54. The Bertz CT molecular complexity index is 412. The van der Waals surface area contributed by atoms with Crippen LogP contribution in [0.3, 0.4) is 0 Å². The first kappa shape index (κ1) is 19.5. The Balaban J connectivity index is 0.00000208. The molecular weight excluding hydrogens is 326 g/mol. The molecular formula is C18H32ClN3O2. The van der Waals surface area contributed by atoms with E-state index in [0.717, 1.165) is 25.8 Å². The van der Waals surface area contributed by atoms with Gasteiger partial charge in [0, 0.05) is 32.6 Å². The minimum atomic E-state index is 0. The molecule has 3 rings (SSSR count). The number of carbonyl (C=O) groups is 2. The molecule has 2 amide bonds.